The Morgan fingerprint density at radius 2 is 1.20 bits per heavy atom. The van der Waals surface area contributed by atoms with E-state index >= 15 is 0 Å². The number of hydrogen-bond donors (Lipinski definition) is 0. The van der Waals surface area contributed by atoms with Gasteiger partial charge in [-0.3, -0.25) is 9.59 Å². The van der Waals surface area contributed by atoms with Crippen molar-refractivity contribution >= 4 is 11.9 Å². The highest BCUT2D eigenvalue weighted by molar-refractivity contribution is 5.69. The Morgan fingerprint density at radius 1 is 0.720 bits per heavy atom. The molecule has 0 saturated carbocycles. The maximum Gasteiger partial charge on any atom is 0.306 e. The highest BCUT2D eigenvalue weighted by Crippen LogP contribution is 2.10. The van der Waals surface area contributed by atoms with E-state index in [0.29, 0.717) is 26.1 Å². The van der Waals surface area contributed by atoms with E-state index < -0.39 is 5.60 Å². The molecule has 0 aliphatic heterocycles. The van der Waals surface area contributed by atoms with Crippen LogP contribution in [0.5, 0.6) is 0 Å². The molecule has 0 saturated heterocycles. The fraction of sp³-hybridized carbons (Fsp3) is 0.900. The lowest BCUT2D eigenvalue weighted by Crippen LogP contribution is -2.23. The first-order chi connectivity index (χ1) is 11.8. The normalized spacial score (nSPS) is 11.4. The third-order valence-corrected chi connectivity index (χ3v) is 3.56. The Bertz CT molecular complexity index is 346. The smallest absolute Gasteiger partial charge is 0.306 e. The first-order valence-electron chi connectivity index (χ1n) is 9.80. The van der Waals surface area contributed by atoms with Gasteiger partial charge in [0, 0.05) is 26.1 Å². The topological polar surface area (TPSA) is 61.8 Å². The van der Waals surface area contributed by atoms with Crippen molar-refractivity contribution < 1.29 is 23.8 Å². The summed E-state index contributed by atoms with van der Waals surface area (Å²) in [6, 6.07) is 0. The van der Waals surface area contributed by atoms with Crippen LogP contribution in [-0.4, -0.2) is 37.4 Å². The van der Waals surface area contributed by atoms with Crippen LogP contribution in [0.2, 0.25) is 0 Å². The highest BCUT2D eigenvalue weighted by atomic mass is 16.6. The summed E-state index contributed by atoms with van der Waals surface area (Å²) in [5, 5.41) is 0. The summed E-state index contributed by atoms with van der Waals surface area (Å²) in [5.41, 5.74) is -0.396. The van der Waals surface area contributed by atoms with Gasteiger partial charge in [0.15, 0.2) is 0 Å². The van der Waals surface area contributed by atoms with Crippen molar-refractivity contribution in [3.8, 4) is 0 Å². The molecule has 0 radical (unpaired) electrons. The minimum absolute atomic E-state index is 0.0810. The summed E-state index contributed by atoms with van der Waals surface area (Å²) >= 11 is 0. The molecular formula is C20H38O5. The summed E-state index contributed by atoms with van der Waals surface area (Å²) < 4.78 is 15.7. The van der Waals surface area contributed by atoms with Crippen LogP contribution in [0.25, 0.3) is 0 Å². The van der Waals surface area contributed by atoms with Crippen LogP contribution in [0.4, 0.5) is 0 Å². The van der Waals surface area contributed by atoms with Gasteiger partial charge in [0.2, 0.25) is 0 Å². The van der Waals surface area contributed by atoms with Crippen molar-refractivity contribution in [3.63, 3.8) is 0 Å². The van der Waals surface area contributed by atoms with Gasteiger partial charge in [-0.15, -0.1) is 0 Å². The molecule has 0 amide bonds. The van der Waals surface area contributed by atoms with E-state index in [0.717, 1.165) is 51.6 Å². The van der Waals surface area contributed by atoms with Gasteiger partial charge < -0.3 is 14.2 Å². The molecule has 0 heterocycles. The molecule has 0 aliphatic rings. The van der Waals surface area contributed by atoms with Gasteiger partial charge in [0.25, 0.3) is 0 Å². The molecule has 5 nitrogen and oxygen atoms in total. The van der Waals surface area contributed by atoms with Gasteiger partial charge in [-0.25, -0.2) is 0 Å². The number of unbranched alkanes of at least 4 members (excludes halogenated alkanes) is 6. The molecular weight excluding hydrogens is 320 g/mol. The minimum atomic E-state index is -0.396. The largest absolute Gasteiger partial charge is 0.466 e. The highest BCUT2D eigenvalue weighted by Gasteiger charge is 2.15. The summed E-state index contributed by atoms with van der Waals surface area (Å²) in [6.45, 7) is 9.45. The molecule has 25 heavy (non-hydrogen) atoms. The van der Waals surface area contributed by atoms with Gasteiger partial charge in [-0.2, -0.15) is 0 Å². The molecule has 0 N–H and O–H groups in total. The Balaban J connectivity index is 3.22. The van der Waals surface area contributed by atoms with Crippen molar-refractivity contribution in [1.29, 1.82) is 0 Å². The maximum absolute atomic E-state index is 11.5. The molecule has 0 spiro atoms. The summed E-state index contributed by atoms with van der Waals surface area (Å²) in [4.78, 5) is 22.7. The number of hydrogen-bond acceptors (Lipinski definition) is 5. The zero-order valence-electron chi connectivity index (χ0n) is 16.7. The molecule has 0 aromatic carbocycles. The number of ether oxygens (including phenoxy) is 3. The van der Waals surface area contributed by atoms with Crippen LogP contribution in [0, 0.1) is 0 Å². The van der Waals surface area contributed by atoms with Gasteiger partial charge in [0.05, 0.1) is 6.61 Å². The van der Waals surface area contributed by atoms with E-state index in [1.165, 1.54) is 6.42 Å². The van der Waals surface area contributed by atoms with Crippen molar-refractivity contribution in [2.45, 2.75) is 97.5 Å². The minimum Gasteiger partial charge on any atom is -0.466 e. The Hall–Kier alpha value is -1.10. The van der Waals surface area contributed by atoms with Crippen molar-refractivity contribution in [3.05, 3.63) is 0 Å². The molecule has 0 atom stereocenters. The molecule has 0 aromatic rings. The molecule has 0 unspecified atom stereocenters. The molecule has 0 rings (SSSR count). The number of carbonyl (C=O) groups excluding carboxylic acids is 2. The third kappa shape index (κ3) is 19.1. The van der Waals surface area contributed by atoms with E-state index in [2.05, 4.69) is 0 Å². The van der Waals surface area contributed by atoms with E-state index in [4.69, 9.17) is 14.2 Å². The van der Waals surface area contributed by atoms with Crippen LogP contribution < -0.4 is 0 Å². The molecule has 0 aromatic heterocycles. The molecule has 148 valence electrons. The van der Waals surface area contributed by atoms with E-state index in [9.17, 15) is 9.59 Å². The summed E-state index contributed by atoms with van der Waals surface area (Å²) in [6.07, 6.45) is 9.31. The SMILES string of the molecule is CCOC(=O)CCCCCCCCOCCCCC(=O)OC(C)(C)C. The second-order valence-corrected chi connectivity index (χ2v) is 7.33. The predicted octanol–water partition coefficient (Wildman–Crippen LogP) is 4.81. The lowest BCUT2D eigenvalue weighted by atomic mass is 10.1. The lowest BCUT2D eigenvalue weighted by Gasteiger charge is -2.19. The van der Waals surface area contributed by atoms with Crippen LogP contribution in [-0.2, 0) is 23.8 Å². The molecule has 0 aliphatic carbocycles. The first-order valence-corrected chi connectivity index (χ1v) is 9.80. The van der Waals surface area contributed by atoms with Crippen molar-refractivity contribution in [1.82, 2.24) is 0 Å². The summed E-state index contributed by atoms with van der Waals surface area (Å²) in [7, 11) is 0. The average Bonchev–Trinajstić information content (AvgIpc) is 2.50. The Morgan fingerprint density at radius 3 is 1.80 bits per heavy atom. The van der Waals surface area contributed by atoms with Gasteiger partial charge in [-0.1, -0.05) is 25.7 Å². The maximum atomic E-state index is 11.5. The third-order valence-electron chi connectivity index (χ3n) is 3.56. The van der Waals surface area contributed by atoms with Gasteiger partial charge >= 0.3 is 11.9 Å². The zero-order chi connectivity index (χ0) is 19.0. The zero-order valence-corrected chi connectivity index (χ0v) is 16.7. The van der Waals surface area contributed by atoms with Crippen LogP contribution in [0.3, 0.4) is 0 Å². The molecule has 0 bridgehead atoms. The standard InChI is InChI=1S/C20H38O5/c1-5-24-18(21)14-10-8-6-7-9-12-16-23-17-13-11-15-19(22)25-20(2,3)4/h5-17H2,1-4H3. The van der Waals surface area contributed by atoms with E-state index in [1.807, 2.05) is 27.7 Å². The van der Waals surface area contributed by atoms with Gasteiger partial charge in [-0.05, 0) is 53.4 Å². The van der Waals surface area contributed by atoms with Crippen molar-refractivity contribution in [2.75, 3.05) is 19.8 Å². The number of carbonyl (C=O) groups is 2. The fourth-order valence-corrected chi connectivity index (χ4v) is 2.38. The monoisotopic (exact) mass is 358 g/mol. The Kier molecular flexibility index (Phi) is 14.5. The second-order valence-electron chi connectivity index (χ2n) is 7.33. The Labute approximate surface area is 153 Å². The van der Waals surface area contributed by atoms with E-state index in [1.54, 1.807) is 0 Å². The number of esters is 2. The first kappa shape index (κ1) is 23.9. The van der Waals surface area contributed by atoms with Gasteiger partial charge in [0.1, 0.15) is 5.60 Å². The van der Waals surface area contributed by atoms with Crippen LogP contribution >= 0.6 is 0 Å². The van der Waals surface area contributed by atoms with Crippen LogP contribution in [0.1, 0.15) is 91.9 Å². The molecule has 5 heteroatoms. The average molecular weight is 359 g/mol. The fourth-order valence-electron chi connectivity index (χ4n) is 2.38. The lowest BCUT2D eigenvalue weighted by molar-refractivity contribution is -0.155. The second kappa shape index (κ2) is 15.2. The molecule has 0 fully saturated rings. The predicted molar refractivity (Wildman–Crippen MR) is 99.5 cm³/mol. The summed E-state index contributed by atoms with van der Waals surface area (Å²) in [5.74, 6) is -0.210. The van der Waals surface area contributed by atoms with E-state index in [-0.39, 0.29) is 11.9 Å². The van der Waals surface area contributed by atoms with Crippen molar-refractivity contribution in [2.24, 2.45) is 0 Å². The number of rotatable bonds is 15. The van der Waals surface area contributed by atoms with Crippen LogP contribution in [0.15, 0.2) is 0 Å². The quantitative estimate of drug-likeness (QED) is 0.310.